The molecule has 0 radical (unpaired) electrons. The van der Waals surface area contributed by atoms with Crippen LogP contribution in [-0.2, 0) is 25.7 Å². The average Bonchev–Trinajstić information content (AvgIpc) is 2.72. The first-order valence-corrected chi connectivity index (χ1v) is 9.15. The number of esters is 1. The number of carbonyl (C=O) groups excluding carboxylic acids is 3. The highest BCUT2D eigenvalue weighted by Gasteiger charge is 2.27. The molecule has 0 saturated carbocycles. The fourth-order valence-corrected chi connectivity index (χ4v) is 2.39. The van der Waals surface area contributed by atoms with Gasteiger partial charge in [0.15, 0.2) is 18.2 Å². The van der Waals surface area contributed by atoms with Crippen molar-refractivity contribution in [3.8, 4) is 0 Å². The van der Waals surface area contributed by atoms with E-state index in [1.54, 1.807) is 38.1 Å². The number of carbonyl (C=O) groups is 3. The van der Waals surface area contributed by atoms with E-state index in [0.29, 0.717) is 0 Å². The second-order valence-electron chi connectivity index (χ2n) is 6.71. The van der Waals surface area contributed by atoms with Gasteiger partial charge in [0, 0.05) is 11.8 Å². The molecular formula is C21H22F2N2O5. The van der Waals surface area contributed by atoms with Crippen LogP contribution in [0.5, 0.6) is 0 Å². The smallest absolute Gasteiger partial charge is 0.408 e. The summed E-state index contributed by atoms with van der Waals surface area (Å²) in [6.07, 6.45) is -0.805. The molecular weight excluding hydrogens is 398 g/mol. The van der Waals surface area contributed by atoms with Crippen LogP contribution in [0.3, 0.4) is 0 Å². The fraction of sp³-hybridized carbons (Fsp3) is 0.286. The third-order valence-electron chi connectivity index (χ3n) is 3.96. The molecule has 1 atom stereocenters. The van der Waals surface area contributed by atoms with Crippen molar-refractivity contribution < 1.29 is 32.6 Å². The lowest BCUT2D eigenvalue weighted by atomic mass is 10.1. The van der Waals surface area contributed by atoms with Crippen LogP contribution in [0, 0.1) is 17.6 Å². The maximum absolute atomic E-state index is 13.2. The summed E-state index contributed by atoms with van der Waals surface area (Å²) in [7, 11) is 0. The molecule has 0 fully saturated rings. The molecule has 2 amide bonds. The molecule has 9 heteroatoms. The van der Waals surface area contributed by atoms with Gasteiger partial charge in [-0.3, -0.25) is 4.79 Å². The molecule has 2 aromatic carbocycles. The Morgan fingerprint density at radius 3 is 2.30 bits per heavy atom. The van der Waals surface area contributed by atoms with Crippen LogP contribution in [0.2, 0.25) is 0 Å². The number of benzene rings is 2. The highest BCUT2D eigenvalue weighted by molar-refractivity contribution is 5.93. The van der Waals surface area contributed by atoms with Gasteiger partial charge in [-0.05, 0) is 23.6 Å². The average molecular weight is 420 g/mol. The minimum absolute atomic E-state index is 0.0120. The van der Waals surface area contributed by atoms with Crippen molar-refractivity contribution >= 4 is 23.7 Å². The molecule has 0 aliphatic rings. The number of halogens is 2. The topological polar surface area (TPSA) is 93.7 Å². The summed E-state index contributed by atoms with van der Waals surface area (Å²) < 4.78 is 36.1. The first kappa shape index (κ1) is 22.8. The minimum atomic E-state index is -1.12. The van der Waals surface area contributed by atoms with Crippen LogP contribution in [0.25, 0.3) is 0 Å². The molecule has 0 aliphatic carbocycles. The SMILES string of the molecule is CC(C)[C@H](NC(=O)OCc1ccccc1)C(=O)OCC(=O)Nc1ccc(F)c(F)c1. The van der Waals surface area contributed by atoms with E-state index in [1.165, 1.54) is 6.07 Å². The number of hydrogen-bond donors (Lipinski definition) is 2. The van der Waals surface area contributed by atoms with Crippen molar-refractivity contribution in [2.45, 2.75) is 26.5 Å². The largest absolute Gasteiger partial charge is 0.454 e. The Morgan fingerprint density at radius 1 is 0.967 bits per heavy atom. The van der Waals surface area contributed by atoms with Crippen LogP contribution in [0.1, 0.15) is 19.4 Å². The minimum Gasteiger partial charge on any atom is -0.454 e. The van der Waals surface area contributed by atoms with Crippen LogP contribution in [-0.4, -0.2) is 30.6 Å². The van der Waals surface area contributed by atoms with Crippen LogP contribution in [0.4, 0.5) is 19.3 Å². The van der Waals surface area contributed by atoms with E-state index in [0.717, 1.165) is 17.7 Å². The molecule has 0 aliphatic heterocycles. The van der Waals surface area contributed by atoms with E-state index in [1.807, 2.05) is 6.07 Å². The molecule has 7 nitrogen and oxygen atoms in total. The number of ether oxygens (including phenoxy) is 2. The van der Waals surface area contributed by atoms with Crippen molar-refractivity contribution in [1.82, 2.24) is 5.32 Å². The quantitative estimate of drug-likeness (QED) is 0.639. The van der Waals surface area contributed by atoms with Crippen molar-refractivity contribution in [2.24, 2.45) is 5.92 Å². The lowest BCUT2D eigenvalue weighted by Crippen LogP contribution is -2.46. The Hall–Kier alpha value is -3.49. The van der Waals surface area contributed by atoms with E-state index >= 15 is 0 Å². The Bertz CT molecular complexity index is 890. The number of nitrogens with one attached hydrogen (secondary N) is 2. The van der Waals surface area contributed by atoms with Gasteiger partial charge < -0.3 is 20.1 Å². The molecule has 0 aromatic heterocycles. The van der Waals surface area contributed by atoms with Gasteiger partial charge in [0.1, 0.15) is 12.6 Å². The van der Waals surface area contributed by atoms with Crippen molar-refractivity contribution in [3.05, 3.63) is 65.7 Å². The van der Waals surface area contributed by atoms with E-state index in [4.69, 9.17) is 9.47 Å². The zero-order valence-corrected chi connectivity index (χ0v) is 16.5. The number of anilines is 1. The molecule has 2 N–H and O–H groups in total. The normalized spacial score (nSPS) is 11.5. The van der Waals surface area contributed by atoms with E-state index in [9.17, 15) is 23.2 Å². The number of amides is 2. The van der Waals surface area contributed by atoms with Crippen LogP contribution >= 0.6 is 0 Å². The lowest BCUT2D eigenvalue weighted by Gasteiger charge is -2.20. The monoisotopic (exact) mass is 420 g/mol. The number of hydrogen-bond acceptors (Lipinski definition) is 5. The highest BCUT2D eigenvalue weighted by atomic mass is 19.2. The number of alkyl carbamates (subject to hydrolysis) is 1. The zero-order valence-electron chi connectivity index (χ0n) is 16.5. The molecule has 0 bridgehead atoms. The third-order valence-corrected chi connectivity index (χ3v) is 3.96. The first-order valence-electron chi connectivity index (χ1n) is 9.15. The van der Waals surface area contributed by atoms with Gasteiger partial charge in [0.2, 0.25) is 0 Å². The summed E-state index contributed by atoms with van der Waals surface area (Å²) in [5.74, 6) is -4.09. The summed E-state index contributed by atoms with van der Waals surface area (Å²) in [4.78, 5) is 36.1. The summed E-state index contributed by atoms with van der Waals surface area (Å²) in [5, 5.41) is 4.69. The molecule has 30 heavy (non-hydrogen) atoms. The van der Waals surface area contributed by atoms with Gasteiger partial charge in [-0.25, -0.2) is 18.4 Å². The van der Waals surface area contributed by atoms with Crippen LogP contribution in [0.15, 0.2) is 48.5 Å². The Morgan fingerprint density at radius 2 is 1.67 bits per heavy atom. The summed E-state index contributed by atoms with van der Waals surface area (Å²) in [6, 6.07) is 10.8. The summed E-state index contributed by atoms with van der Waals surface area (Å²) in [6.45, 7) is 2.74. The lowest BCUT2D eigenvalue weighted by molar-refractivity contribution is -0.150. The van der Waals surface area contributed by atoms with Crippen molar-refractivity contribution in [2.75, 3.05) is 11.9 Å². The van der Waals surface area contributed by atoms with Crippen molar-refractivity contribution in [1.29, 1.82) is 0 Å². The van der Waals surface area contributed by atoms with Gasteiger partial charge in [0.05, 0.1) is 0 Å². The molecule has 0 heterocycles. The maximum atomic E-state index is 13.2. The van der Waals surface area contributed by atoms with E-state index in [2.05, 4.69) is 10.6 Å². The van der Waals surface area contributed by atoms with E-state index in [-0.39, 0.29) is 18.2 Å². The van der Waals surface area contributed by atoms with Gasteiger partial charge in [-0.15, -0.1) is 0 Å². The molecule has 160 valence electrons. The Kier molecular flexibility index (Phi) is 8.28. The molecule has 0 unspecified atom stereocenters. The van der Waals surface area contributed by atoms with Gasteiger partial charge >= 0.3 is 12.1 Å². The number of rotatable bonds is 8. The van der Waals surface area contributed by atoms with Crippen LogP contribution < -0.4 is 10.6 Å². The molecule has 0 spiro atoms. The zero-order chi connectivity index (χ0) is 22.1. The van der Waals surface area contributed by atoms with Gasteiger partial charge in [-0.2, -0.15) is 0 Å². The van der Waals surface area contributed by atoms with E-state index < -0.39 is 42.3 Å². The second kappa shape index (κ2) is 10.9. The second-order valence-corrected chi connectivity index (χ2v) is 6.71. The summed E-state index contributed by atoms with van der Waals surface area (Å²) >= 11 is 0. The molecule has 0 saturated heterocycles. The van der Waals surface area contributed by atoms with Gasteiger partial charge in [0.25, 0.3) is 5.91 Å². The third kappa shape index (κ3) is 7.16. The maximum Gasteiger partial charge on any atom is 0.408 e. The standard InChI is InChI=1S/C21H22F2N2O5/c1-13(2)19(25-21(28)30-11-14-6-4-3-5-7-14)20(27)29-12-18(26)24-15-8-9-16(22)17(23)10-15/h3-10,13,19H,11-12H2,1-2H3,(H,24,26)(H,25,28)/t19-/m0/s1. The highest BCUT2D eigenvalue weighted by Crippen LogP contribution is 2.13. The Balaban J connectivity index is 1.83. The predicted octanol–water partition coefficient (Wildman–Crippen LogP) is 3.40. The van der Waals surface area contributed by atoms with Gasteiger partial charge in [-0.1, -0.05) is 44.2 Å². The predicted molar refractivity (Wildman–Crippen MR) is 104 cm³/mol. The molecule has 2 rings (SSSR count). The summed E-state index contributed by atoms with van der Waals surface area (Å²) in [5.41, 5.74) is 0.795. The first-order chi connectivity index (χ1) is 14.3. The molecule has 2 aromatic rings. The van der Waals surface area contributed by atoms with Crippen molar-refractivity contribution in [3.63, 3.8) is 0 Å². The fourth-order valence-electron chi connectivity index (χ4n) is 2.39. The Labute approximate surface area is 172 Å².